The van der Waals surface area contributed by atoms with Crippen LogP contribution in [0.25, 0.3) is 0 Å². The quantitative estimate of drug-likeness (QED) is 0.269. The van der Waals surface area contributed by atoms with E-state index in [0.29, 0.717) is 0 Å². The lowest BCUT2D eigenvalue weighted by molar-refractivity contribution is 0.889. The van der Waals surface area contributed by atoms with Crippen molar-refractivity contribution in [2.45, 2.75) is 6.92 Å². The molecular formula is C4H8N2. The van der Waals surface area contributed by atoms with Crippen LogP contribution in [0, 0.1) is 0 Å². The van der Waals surface area contributed by atoms with E-state index in [9.17, 15) is 0 Å². The van der Waals surface area contributed by atoms with Gasteiger partial charge < -0.3 is 5.43 Å². The SMILES string of the molecule is C=C=C(C)NN. The van der Waals surface area contributed by atoms with E-state index in [-0.39, 0.29) is 0 Å². The van der Waals surface area contributed by atoms with Gasteiger partial charge in [0.25, 0.3) is 0 Å². The number of hydrogen-bond acceptors (Lipinski definition) is 2. The third-order valence-electron chi connectivity index (χ3n) is 0.482. The van der Waals surface area contributed by atoms with Crippen LogP contribution in [0.3, 0.4) is 0 Å². The summed E-state index contributed by atoms with van der Waals surface area (Å²) in [6.45, 7) is 5.11. The Morgan fingerprint density at radius 3 is 2.50 bits per heavy atom. The molecule has 0 spiro atoms. The second kappa shape index (κ2) is 2.51. The topological polar surface area (TPSA) is 38.0 Å². The van der Waals surface area contributed by atoms with Gasteiger partial charge in [-0.2, -0.15) is 0 Å². The lowest BCUT2D eigenvalue weighted by atomic mass is 10.6. The molecule has 0 fully saturated rings. The second-order valence-corrected chi connectivity index (χ2v) is 0.946. The maximum atomic E-state index is 4.89. The fraction of sp³-hybridized carbons (Fsp3) is 0.250. The molecule has 0 aliphatic rings. The van der Waals surface area contributed by atoms with Crippen LogP contribution >= 0.6 is 0 Å². The van der Waals surface area contributed by atoms with Gasteiger partial charge in [-0.05, 0) is 6.92 Å². The average Bonchev–Trinajstić information content (AvgIpc) is 1.65. The minimum Gasteiger partial charge on any atom is -0.321 e. The van der Waals surface area contributed by atoms with Crippen molar-refractivity contribution in [3.63, 3.8) is 0 Å². The molecule has 0 radical (unpaired) electrons. The summed E-state index contributed by atoms with van der Waals surface area (Å²) in [6.07, 6.45) is 0. The third-order valence-corrected chi connectivity index (χ3v) is 0.482. The van der Waals surface area contributed by atoms with Gasteiger partial charge in [0.2, 0.25) is 0 Å². The number of hydrogen-bond donors (Lipinski definition) is 2. The molecule has 3 N–H and O–H groups in total. The molecule has 0 aromatic carbocycles. The molecule has 0 rings (SSSR count). The highest BCUT2D eigenvalue weighted by Gasteiger charge is 1.67. The highest BCUT2D eigenvalue weighted by molar-refractivity contribution is 4.87. The maximum Gasteiger partial charge on any atom is 0.0640 e. The first-order chi connectivity index (χ1) is 2.81. The van der Waals surface area contributed by atoms with Crippen molar-refractivity contribution in [2.75, 3.05) is 0 Å². The second-order valence-electron chi connectivity index (χ2n) is 0.946. The molecule has 0 aromatic rings. The summed E-state index contributed by atoms with van der Waals surface area (Å²) in [4.78, 5) is 0. The maximum absolute atomic E-state index is 4.89. The lowest BCUT2D eigenvalue weighted by Gasteiger charge is -1.87. The number of rotatable bonds is 1. The zero-order valence-electron chi connectivity index (χ0n) is 3.78. The minimum atomic E-state index is 0.759. The van der Waals surface area contributed by atoms with Crippen LogP contribution in [0.1, 0.15) is 6.92 Å². The Kier molecular flexibility index (Phi) is 2.21. The zero-order valence-corrected chi connectivity index (χ0v) is 3.78. The third kappa shape index (κ3) is 1.58. The first kappa shape index (κ1) is 5.28. The molecule has 34 valence electrons. The van der Waals surface area contributed by atoms with E-state index in [1.807, 2.05) is 0 Å². The lowest BCUT2D eigenvalue weighted by Crippen LogP contribution is -2.17. The molecule has 0 heterocycles. The smallest absolute Gasteiger partial charge is 0.0640 e. The van der Waals surface area contributed by atoms with Crippen molar-refractivity contribution in [2.24, 2.45) is 5.84 Å². The van der Waals surface area contributed by atoms with Gasteiger partial charge in [-0.15, -0.1) is 5.73 Å². The van der Waals surface area contributed by atoms with E-state index in [0.717, 1.165) is 5.70 Å². The Bertz CT molecular complexity index is 79.5. The largest absolute Gasteiger partial charge is 0.321 e. The van der Waals surface area contributed by atoms with Crippen LogP contribution in [-0.4, -0.2) is 0 Å². The van der Waals surface area contributed by atoms with Crippen molar-refractivity contribution in [1.82, 2.24) is 5.43 Å². The van der Waals surface area contributed by atoms with Gasteiger partial charge in [-0.25, -0.2) is 0 Å². The molecule has 0 unspecified atom stereocenters. The Hall–Kier alpha value is -0.720. The average molecular weight is 84.1 g/mol. The van der Waals surface area contributed by atoms with Crippen molar-refractivity contribution in [3.8, 4) is 0 Å². The van der Waals surface area contributed by atoms with Crippen LogP contribution < -0.4 is 11.3 Å². The van der Waals surface area contributed by atoms with Gasteiger partial charge in [0, 0.05) is 0 Å². The molecule has 0 bridgehead atoms. The van der Waals surface area contributed by atoms with E-state index >= 15 is 0 Å². The summed E-state index contributed by atoms with van der Waals surface area (Å²) in [5.41, 5.74) is 5.66. The van der Waals surface area contributed by atoms with Crippen LogP contribution in [-0.2, 0) is 0 Å². The van der Waals surface area contributed by atoms with Crippen molar-refractivity contribution in [1.29, 1.82) is 0 Å². The van der Waals surface area contributed by atoms with Crippen LogP contribution in [0.2, 0.25) is 0 Å². The van der Waals surface area contributed by atoms with Gasteiger partial charge in [-0.3, -0.25) is 5.84 Å². The molecule has 2 heteroatoms. The number of nitrogens with two attached hydrogens (primary N) is 1. The Morgan fingerprint density at radius 2 is 2.50 bits per heavy atom. The first-order valence-electron chi connectivity index (χ1n) is 1.64. The molecule has 0 aromatic heterocycles. The van der Waals surface area contributed by atoms with Crippen LogP contribution in [0.4, 0.5) is 0 Å². The molecule has 0 amide bonds. The van der Waals surface area contributed by atoms with Gasteiger partial charge in [0.1, 0.15) is 0 Å². The Labute approximate surface area is 37.3 Å². The number of allylic oxidation sites excluding steroid dienone is 1. The molecule has 6 heavy (non-hydrogen) atoms. The standard InChI is InChI=1S/C4H8N2/c1-3-4(2)6-5/h6H,1,5H2,2H3. The predicted molar refractivity (Wildman–Crippen MR) is 25.7 cm³/mol. The molecule has 0 saturated carbocycles. The fourth-order valence-corrected chi connectivity index (χ4v) is 0.0510. The van der Waals surface area contributed by atoms with E-state index < -0.39 is 0 Å². The Balaban J connectivity index is 3.52. The van der Waals surface area contributed by atoms with E-state index in [1.165, 1.54) is 0 Å². The molecular weight excluding hydrogens is 76.1 g/mol. The summed E-state index contributed by atoms with van der Waals surface area (Å²) in [5, 5.41) is 0. The minimum absolute atomic E-state index is 0.759. The number of hydrazine groups is 1. The molecule has 0 saturated heterocycles. The summed E-state index contributed by atoms with van der Waals surface area (Å²) in [6, 6.07) is 0. The normalized spacial score (nSPS) is 6.33. The van der Waals surface area contributed by atoms with Gasteiger partial charge in [-0.1, -0.05) is 6.58 Å². The molecule has 2 nitrogen and oxygen atoms in total. The molecule has 0 aliphatic heterocycles. The van der Waals surface area contributed by atoms with Crippen LogP contribution in [0.5, 0.6) is 0 Å². The van der Waals surface area contributed by atoms with Crippen LogP contribution in [0.15, 0.2) is 18.0 Å². The fourth-order valence-electron chi connectivity index (χ4n) is 0.0510. The highest BCUT2D eigenvalue weighted by Crippen LogP contribution is 1.70. The van der Waals surface area contributed by atoms with E-state index in [2.05, 4.69) is 17.7 Å². The molecule has 0 aliphatic carbocycles. The van der Waals surface area contributed by atoms with Gasteiger partial charge in [0.15, 0.2) is 0 Å². The Morgan fingerprint density at radius 1 is 2.00 bits per heavy atom. The van der Waals surface area contributed by atoms with Gasteiger partial charge >= 0.3 is 0 Å². The summed E-state index contributed by atoms with van der Waals surface area (Å²) >= 11 is 0. The highest BCUT2D eigenvalue weighted by atomic mass is 15.2. The zero-order chi connectivity index (χ0) is 4.99. The van der Waals surface area contributed by atoms with Gasteiger partial charge in [0.05, 0.1) is 5.70 Å². The predicted octanol–water partition coefficient (Wildman–Crippen LogP) is 0.138. The van der Waals surface area contributed by atoms with Crippen molar-refractivity contribution < 1.29 is 0 Å². The summed E-state index contributed by atoms with van der Waals surface area (Å²) in [7, 11) is 0. The summed E-state index contributed by atoms with van der Waals surface area (Å²) in [5.74, 6) is 4.89. The van der Waals surface area contributed by atoms with Crippen molar-refractivity contribution >= 4 is 0 Å². The summed E-state index contributed by atoms with van der Waals surface area (Å²) < 4.78 is 0. The monoisotopic (exact) mass is 84.1 g/mol. The number of nitrogens with one attached hydrogen (secondary N) is 1. The first-order valence-corrected chi connectivity index (χ1v) is 1.64. The van der Waals surface area contributed by atoms with E-state index in [4.69, 9.17) is 5.84 Å². The van der Waals surface area contributed by atoms with E-state index in [1.54, 1.807) is 6.92 Å². The molecule has 0 atom stereocenters. The van der Waals surface area contributed by atoms with Crippen molar-refractivity contribution in [3.05, 3.63) is 18.0 Å².